The Morgan fingerprint density at radius 2 is 1.60 bits per heavy atom. The number of urea groups is 1. The van der Waals surface area contributed by atoms with Crippen LogP contribution in [0.15, 0.2) is 89.7 Å². The Balaban J connectivity index is 1.20. The number of aromatic nitrogens is 3. The van der Waals surface area contributed by atoms with E-state index in [0.29, 0.717) is 45.6 Å². The van der Waals surface area contributed by atoms with Crippen LogP contribution in [0.1, 0.15) is 5.56 Å². The van der Waals surface area contributed by atoms with Gasteiger partial charge >= 0.3 is 6.03 Å². The number of benzene rings is 2. The second kappa shape index (κ2) is 10.2. The van der Waals surface area contributed by atoms with Gasteiger partial charge in [-0.3, -0.25) is 4.98 Å². The Hall–Kier alpha value is -4.43. The van der Waals surface area contributed by atoms with E-state index >= 15 is 0 Å². The molecule has 3 N–H and O–H groups in total. The normalized spacial score (nSPS) is 10.8. The fraction of sp³-hybridized carbons (Fsp3) is 0.0769. The predicted molar refractivity (Wildman–Crippen MR) is 138 cm³/mol. The number of hydrogen-bond acceptors (Lipinski definition) is 6. The fourth-order valence-electron chi connectivity index (χ4n) is 3.59. The minimum absolute atomic E-state index is 0.291. The van der Waals surface area contributed by atoms with Gasteiger partial charge in [-0.15, -0.1) is 0 Å². The van der Waals surface area contributed by atoms with Crippen LogP contribution in [0.2, 0.25) is 5.02 Å². The van der Waals surface area contributed by atoms with Gasteiger partial charge in [-0.25, -0.2) is 14.8 Å². The third-order valence-electron chi connectivity index (χ3n) is 5.28. The van der Waals surface area contributed by atoms with E-state index in [1.54, 1.807) is 6.20 Å². The Morgan fingerprint density at radius 3 is 2.34 bits per heavy atom. The van der Waals surface area contributed by atoms with Crippen molar-refractivity contribution >= 4 is 45.9 Å². The summed E-state index contributed by atoms with van der Waals surface area (Å²) in [5.74, 6) is 1.06. The molecule has 3 heterocycles. The number of halogens is 1. The van der Waals surface area contributed by atoms with E-state index in [9.17, 15) is 4.79 Å². The fourth-order valence-corrected chi connectivity index (χ4v) is 3.90. The summed E-state index contributed by atoms with van der Waals surface area (Å²) in [5, 5.41) is 9.99. The number of rotatable bonds is 7. The molecule has 0 unspecified atom stereocenters. The molecule has 2 aromatic carbocycles. The van der Waals surface area contributed by atoms with Gasteiger partial charge in [-0.1, -0.05) is 48.0 Å². The van der Waals surface area contributed by atoms with Crippen LogP contribution in [-0.2, 0) is 6.42 Å². The SMILES string of the molecule is O=C(Nc1ccccc1)Nc1ccc(CCNc2ncnc3oc(-c4ccccn4)c(Cl)c23)cc1. The van der Waals surface area contributed by atoms with E-state index in [2.05, 4.69) is 30.9 Å². The molecule has 35 heavy (non-hydrogen) atoms. The van der Waals surface area contributed by atoms with Crippen molar-refractivity contribution in [3.8, 4) is 11.5 Å². The highest BCUT2D eigenvalue weighted by Crippen LogP contribution is 2.38. The highest BCUT2D eigenvalue weighted by Gasteiger charge is 2.19. The van der Waals surface area contributed by atoms with Crippen LogP contribution in [0.25, 0.3) is 22.6 Å². The van der Waals surface area contributed by atoms with Gasteiger partial charge in [0.2, 0.25) is 5.71 Å². The van der Waals surface area contributed by atoms with Crippen LogP contribution in [0.3, 0.4) is 0 Å². The molecule has 0 saturated carbocycles. The number of pyridine rings is 1. The average Bonchev–Trinajstić information content (AvgIpc) is 3.23. The van der Waals surface area contributed by atoms with Crippen LogP contribution in [-0.4, -0.2) is 27.5 Å². The molecular weight excluding hydrogens is 464 g/mol. The predicted octanol–water partition coefficient (Wildman–Crippen LogP) is 6.24. The van der Waals surface area contributed by atoms with Crippen LogP contribution in [0.5, 0.6) is 0 Å². The molecule has 3 aromatic heterocycles. The molecule has 174 valence electrons. The van der Waals surface area contributed by atoms with Crippen LogP contribution in [0, 0.1) is 0 Å². The summed E-state index contributed by atoms with van der Waals surface area (Å²) in [5.41, 5.74) is 3.57. The number of hydrogen-bond donors (Lipinski definition) is 3. The molecule has 0 spiro atoms. The Kier molecular flexibility index (Phi) is 6.54. The van der Waals surface area contributed by atoms with Crippen LogP contribution in [0.4, 0.5) is 22.0 Å². The third-order valence-corrected chi connectivity index (χ3v) is 5.64. The maximum atomic E-state index is 12.2. The summed E-state index contributed by atoms with van der Waals surface area (Å²) in [6.45, 7) is 0.619. The zero-order chi connectivity index (χ0) is 24.0. The van der Waals surface area contributed by atoms with E-state index in [1.165, 1.54) is 6.33 Å². The zero-order valence-electron chi connectivity index (χ0n) is 18.5. The molecule has 0 aliphatic carbocycles. The molecule has 2 amide bonds. The summed E-state index contributed by atoms with van der Waals surface area (Å²) >= 11 is 6.61. The summed E-state index contributed by atoms with van der Waals surface area (Å²) in [7, 11) is 0. The second-order valence-corrected chi connectivity index (χ2v) is 8.06. The molecule has 0 radical (unpaired) electrons. The third kappa shape index (κ3) is 5.23. The molecular formula is C26H21ClN6O2. The minimum atomic E-state index is -0.291. The number of nitrogens with one attached hydrogen (secondary N) is 3. The molecule has 0 saturated heterocycles. The van der Waals surface area contributed by atoms with Crippen molar-refractivity contribution in [2.24, 2.45) is 0 Å². The average molecular weight is 485 g/mol. The maximum absolute atomic E-state index is 12.2. The Labute approximate surface area is 206 Å². The molecule has 5 aromatic rings. The molecule has 5 rings (SSSR count). The molecule has 9 heteroatoms. The first-order valence-electron chi connectivity index (χ1n) is 11.0. The number of fused-ring (bicyclic) bond motifs is 1. The monoisotopic (exact) mass is 484 g/mol. The van der Waals surface area contributed by atoms with Crippen molar-refractivity contribution in [2.45, 2.75) is 6.42 Å². The Bertz CT molecular complexity index is 1440. The van der Waals surface area contributed by atoms with Gasteiger partial charge in [0.15, 0.2) is 5.76 Å². The highest BCUT2D eigenvalue weighted by molar-refractivity contribution is 6.38. The molecule has 0 aliphatic rings. The molecule has 0 fully saturated rings. The summed E-state index contributed by atoms with van der Waals surface area (Å²) in [6.07, 6.45) is 3.86. The molecule has 0 atom stereocenters. The zero-order valence-corrected chi connectivity index (χ0v) is 19.3. The largest absolute Gasteiger partial charge is 0.434 e. The van der Waals surface area contributed by atoms with Gasteiger partial charge < -0.3 is 20.4 Å². The lowest BCUT2D eigenvalue weighted by Crippen LogP contribution is -2.19. The van der Waals surface area contributed by atoms with E-state index < -0.39 is 0 Å². The number of anilines is 3. The van der Waals surface area contributed by atoms with Gasteiger partial charge in [0.25, 0.3) is 0 Å². The molecule has 0 aliphatic heterocycles. The van der Waals surface area contributed by atoms with Crippen molar-refractivity contribution in [2.75, 3.05) is 22.5 Å². The van der Waals surface area contributed by atoms with Crippen molar-refractivity contribution in [1.82, 2.24) is 15.0 Å². The lowest BCUT2D eigenvalue weighted by molar-refractivity contribution is 0.262. The maximum Gasteiger partial charge on any atom is 0.323 e. The second-order valence-electron chi connectivity index (χ2n) is 7.68. The van der Waals surface area contributed by atoms with Crippen molar-refractivity contribution in [3.63, 3.8) is 0 Å². The summed E-state index contributed by atoms with van der Waals surface area (Å²) in [4.78, 5) is 25.0. The van der Waals surface area contributed by atoms with E-state index in [-0.39, 0.29) is 6.03 Å². The van der Waals surface area contributed by atoms with Crippen LogP contribution >= 0.6 is 11.6 Å². The van der Waals surface area contributed by atoms with Gasteiger partial charge in [-0.05, 0) is 48.4 Å². The van der Waals surface area contributed by atoms with Gasteiger partial charge in [-0.2, -0.15) is 0 Å². The van der Waals surface area contributed by atoms with E-state index in [0.717, 1.165) is 17.7 Å². The molecule has 0 bridgehead atoms. The number of nitrogens with zero attached hydrogens (tertiary/aromatic N) is 3. The van der Waals surface area contributed by atoms with E-state index in [1.807, 2.05) is 72.8 Å². The number of para-hydroxylation sites is 1. The smallest absolute Gasteiger partial charge is 0.323 e. The first-order valence-corrected chi connectivity index (χ1v) is 11.4. The lowest BCUT2D eigenvalue weighted by atomic mass is 10.1. The van der Waals surface area contributed by atoms with Crippen LogP contribution < -0.4 is 16.0 Å². The van der Waals surface area contributed by atoms with Crippen molar-refractivity contribution in [3.05, 3.63) is 95.9 Å². The Morgan fingerprint density at radius 1 is 0.857 bits per heavy atom. The van der Waals surface area contributed by atoms with Gasteiger partial charge in [0.1, 0.15) is 28.2 Å². The number of furan rings is 1. The minimum Gasteiger partial charge on any atom is -0.434 e. The molecule has 8 nitrogen and oxygen atoms in total. The first kappa shape index (κ1) is 22.4. The number of carbonyl (C=O) groups excluding carboxylic acids is 1. The van der Waals surface area contributed by atoms with E-state index in [4.69, 9.17) is 16.0 Å². The number of carbonyl (C=O) groups is 1. The lowest BCUT2D eigenvalue weighted by Gasteiger charge is -2.09. The highest BCUT2D eigenvalue weighted by atomic mass is 35.5. The quantitative estimate of drug-likeness (QED) is 0.252. The summed E-state index contributed by atoms with van der Waals surface area (Å²) < 4.78 is 5.85. The summed E-state index contributed by atoms with van der Waals surface area (Å²) in [6, 6.07) is 22.2. The first-order chi connectivity index (χ1) is 17.2. The van der Waals surface area contributed by atoms with Gasteiger partial charge in [0.05, 0.1) is 0 Å². The standard InChI is InChI=1S/C26H21ClN6O2/c27-22-21-24(30-16-31-25(21)35-23(22)20-8-4-5-14-28-20)29-15-13-17-9-11-19(12-10-17)33-26(34)32-18-6-2-1-3-7-18/h1-12,14,16H,13,15H2,(H,29,30,31)(H2,32,33,34). The topological polar surface area (TPSA) is 105 Å². The van der Waals surface area contributed by atoms with Crippen molar-refractivity contribution < 1.29 is 9.21 Å². The number of amides is 2. The van der Waals surface area contributed by atoms with Gasteiger partial charge in [0, 0.05) is 24.1 Å². The van der Waals surface area contributed by atoms with Crippen molar-refractivity contribution in [1.29, 1.82) is 0 Å².